The maximum absolute atomic E-state index is 13.5. The Labute approximate surface area is 86.3 Å². The molecule has 0 saturated heterocycles. The second-order valence-corrected chi connectivity index (χ2v) is 4.96. The minimum atomic E-state index is -0.251. The summed E-state index contributed by atoms with van der Waals surface area (Å²) in [5.74, 6) is -0.251. The zero-order valence-corrected chi connectivity index (χ0v) is 9.57. The number of hydrogen-bond donors (Lipinski definition) is 1. The molecule has 0 radical (unpaired) electrons. The fraction of sp³-hybridized carbons (Fsp3) is 0.400. The largest absolute Gasteiger partial charge is 0.399 e. The van der Waals surface area contributed by atoms with Crippen molar-refractivity contribution < 1.29 is 4.39 Å². The fourth-order valence-electron chi connectivity index (χ4n) is 1.31. The summed E-state index contributed by atoms with van der Waals surface area (Å²) in [7, 11) is 0. The Bertz CT molecular complexity index is 305. The maximum Gasteiger partial charge on any atom is 0.130 e. The first-order valence-electron chi connectivity index (χ1n) is 4.07. The van der Waals surface area contributed by atoms with E-state index in [0.29, 0.717) is 11.3 Å². The van der Waals surface area contributed by atoms with Crippen LogP contribution in [0.3, 0.4) is 0 Å². The molecule has 0 amide bonds. The smallest absolute Gasteiger partial charge is 0.130 e. The summed E-state index contributed by atoms with van der Waals surface area (Å²) in [6.07, 6.45) is 0. The molecule has 0 unspecified atom stereocenters. The van der Waals surface area contributed by atoms with Gasteiger partial charge in [-0.15, -0.1) is 0 Å². The van der Waals surface area contributed by atoms with Gasteiger partial charge >= 0.3 is 0 Å². The van der Waals surface area contributed by atoms with E-state index in [1.807, 2.05) is 20.8 Å². The van der Waals surface area contributed by atoms with Crippen LogP contribution >= 0.6 is 15.9 Å². The van der Waals surface area contributed by atoms with Crippen molar-refractivity contribution in [1.29, 1.82) is 0 Å². The Morgan fingerprint density at radius 3 is 2.23 bits per heavy atom. The van der Waals surface area contributed by atoms with Crippen LogP contribution in [0.4, 0.5) is 10.1 Å². The Hall–Kier alpha value is -0.570. The first-order chi connectivity index (χ1) is 5.82. The maximum atomic E-state index is 13.5. The molecule has 0 aromatic heterocycles. The summed E-state index contributed by atoms with van der Waals surface area (Å²) in [4.78, 5) is 0. The number of benzene rings is 1. The van der Waals surface area contributed by atoms with Crippen molar-refractivity contribution >= 4 is 21.6 Å². The van der Waals surface area contributed by atoms with Gasteiger partial charge in [-0.2, -0.15) is 0 Å². The molecule has 1 rings (SSSR count). The lowest BCUT2D eigenvalue weighted by molar-refractivity contribution is 0.520. The van der Waals surface area contributed by atoms with E-state index in [1.54, 1.807) is 6.07 Å². The third kappa shape index (κ3) is 2.21. The van der Waals surface area contributed by atoms with Crippen molar-refractivity contribution in [3.8, 4) is 0 Å². The van der Waals surface area contributed by atoms with Crippen molar-refractivity contribution in [2.75, 3.05) is 5.73 Å². The Morgan fingerprint density at radius 2 is 1.85 bits per heavy atom. The Morgan fingerprint density at radius 1 is 1.31 bits per heavy atom. The standard InChI is InChI=1S/C10H13BrFN/c1-10(2,3)9-7(11)4-6(13)5-8(9)12/h4-5H,13H2,1-3H3. The molecule has 13 heavy (non-hydrogen) atoms. The fourth-order valence-corrected chi connectivity index (χ4v) is 2.36. The van der Waals surface area contributed by atoms with Gasteiger partial charge in [-0.3, -0.25) is 0 Å². The SMILES string of the molecule is CC(C)(C)c1c(F)cc(N)cc1Br. The highest BCUT2D eigenvalue weighted by Gasteiger charge is 2.21. The van der Waals surface area contributed by atoms with E-state index in [-0.39, 0.29) is 11.2 Å². The number of rotatable bonds is 0. The molecule has 0 fully saturated rings. The zero-order valence-electron chi connectivity index (χ0n) is 7.99. The van der Waals surface area contributed by atoms with Crippen LogP contribution in [-0.2, 0) is 5.41 Å². The summed E-state index contributed by atoms with van der Waals surface area (Å²) in [6, 6.07) is 3.08. The summed E-state index contributed by atoms with van der Waals surface area (Å²) in [5, 5.41) is 0. The lowest BCUT2D eigenvalue weighted by Crippen LogP contribution is -2.14. The van der Waals surface area contributed by atoms with Crippen LogP contribution in [-0.4, -0.2) is 0 Å². The van der Waals surface area contributed by atoms with Crippen molar-refractivity contribution in [1.82, 2.24) is 0 Å². The highest BCUT2D eigenvalue weighted by Crippen LogP contribution is 2.33. The van der Waals surface area contributed by atoms with Crippen molar-refractivity contribution in [3.05, 3.63) is 28.0 Å². The van der Waals surface area contributed by atoms with Crippen molar-refractivity contribution in [3.63, 3.8) is 0 Å². The minimum Gasteiger partial charge on any atom is -0.399 e. The summed E-state index contributed by atoms with van der Waals surface area (Å²) < 4.78 is 14.2. The van der Waals surface area contributed by atoms with Crippen molar-refractivity contribution in [2.45, 2.75) is 26.2 Å². The molecule has 1 nitrogen and oxygen atoms in total. The van der Waals surface area contributed by atoms with Crippen LogP contribution in [0.15, 0.2) is 16.6 Å². The second-order valence-electron chi connectivity index (χ2n) is 4.11. The number of nitrogens with two attached hydrogens (primary N) is 1. The summed E-state index contributed by atoms with van der Waals surface area (Å²) in [5.41, 5.74) is 6.40. The summed E-state index contributed by atoms with van der Waals surface area (Å²) >= 11 is 3.31. The van der Waals surface area contributed by atoms with Gasteiger partial charge in [-0.05, 0) is 17.5 Å². The number of hydrogen-bond acceptors (Lipinski definition) is 1. The van der Waals surface area contributed by atoms with Crippen LogP contribution in [0.5, 0.6) is 0 Å². The van der Waals surface area contributed by atoms with Gasteiger partial charge in [0, 0.05) is 15.7 Å². The van der Waals surface area contributed by atoms with Gasteiger partial charge < -0.3 is 5.73 Å². The first kappa shape index (κ1) is 10.5. The van der Waals surface area contributed by atoms with Crippen molar-refractivity contribution in [2.24, 2.45) is 0 Å². The van der Waals surface area contributed by atoms with Crippen LogP contribution in [0.2, 0.25) is 0 Å². The molecular weight excluding hydrogens is 233 g/mol. The van der Waals surface area contributed by atoms with Gasteiger partial charge in [-0.25, -0.2) is 4.39 Å². The molecule has 1 aromatic rings. The predicted octanol–water partition coefficient (Wildman–Crippen LogP) is 3.47. The van der Waals surface area contributed by atoms with E-state index in [1.165, 1.54) is 6.07 Å². The Kier molecular flexibility index (Phi) is 2.66. The first-order valence-corrected chi connectivity index (χ1v) is 4.86. The summed E-state index contributed by atoms with van der Waals surface area (Å²) in [6.45, 7) is 5.89. The molecule has 0 atom stereocenters. The third-order valence-electron chi connectivity index (χ3n) is 1.81. The molecular formula is C10H13BrFN. The average Bonchev–Trinajstić information content (AvgIpc) is 1.78. The van der Waals surface area contributed by atoms with Gasteiger partial charge in [-0.1, -0.05) is 36.7 Å². The van der Waals surface area contributed by atoms with E-state index < -0.39 is 0 Å². The van der Waals surface area contributed by atoms with Crippen LogP contribution < -0.4 is 5.73 Å². The lowest BCUT2D eigenvalue weighted by Gasteiger charge is -2.21. The quantitative estimate of drug-likeness (QED) is 0.697. The third-order valence-corrected chi connectivity index (χ3v) is 2.44. The van der Waals surface area contributed by atoms with Gasteiger partial charge in [0.2, 0.25) is 0 Å². The molecule has 3 heteroatoms. The monoisotopic (exact) mass is 245 g/mol. The molecule has 0 aliphatic rings. The molecule has 0 heterocycles. The molecule has 0 aliphatic carbocycles. The minimum absolute atomic E-state index is 0.212. The van der Waals surface area contributed by atoms with Gasteiger partial charge in [0.05, 0.1) is 0 Å². The van der Waals surface area contributed by atoms with E-state index in [0.717, 1.165) is 4.47 Å². The van der Waals surface area contributed by atoms with E-state index in [9.17, 15) is 4.39 Å². The van der Waals surface area contributed by atoms with Crippen LogP contribution in [0.25, 0.3) is 0 Å². The van der Waals surface area contributed by atoms with Crippen LogP contribution in [0, 0.1) is 5.82 Å². The molecule has 2 N–H and O–H groups in total. The molecule has 0 spiro atoms. The highest BCUT2D eigenvalue weighted by atomic mass is 79.9. The van der Waals surface area contributed by atoms with E-state index >= 15 is 0 Å². The number of halogens is 2. The lowest BCUT2D eigenvalue weighted by atomic mass is 9.86. The van der Waals surface area contributed by atoms with Gasteiger partial charge in [0.15, 0.2) is 0 Å². The molecule has 0 saturated carbocycles. The molecule has 0 bridgehead atoms. The Balaban J connectivity index is 3.38. The van der Waals surface area contributed by atoms with E-state index in [4.69, 9.17) is 5.73 Å². The molecule has 0 aliphatic heterocycles. The molecule has 1 aromatic carbocycles. The topological polar surface area (TPSA) is 26.0 Å². The molecule has 72 valence electrons. The highest BCUT2D eigenvalue weighted by molar-refractivity contribution is 9.10. The van der Waals surface area contributed by atoms with Gasteiger partial charge in [0.25, 0.3) is 0 Å². The number of anilines is 1. The normalized spacial score (nSPS) is 11.8. The second kappa shape index (κ2) is 3.29. The van der Waals surface area contributed by atoms with E-state index in [2.05, 4.69) is 15.9 Å². The van der Waals surface area contributed by atoms with Gasteiger partial charge in [0.1, 0.15) is 5.82 Å². The number of nitrogen functional groups attached to an aromatic ring is 1. The van der Waals surface area contributed by atoms with Crippen LogP contribution in [0.1, 0.15) is 26.3 Å². The predicted molar refractivity (Wildman–Crippen MR) is 57.2 cm³/mol. The zero-order chi connectivity index (χ0) is 10.2. The average molecular weight is 246 g/mol.